The smallest absolute Gasteiger partial charge is 0.295 e. The Bertz CT molecular complexity index is 728. The molecule has 6 heteroatoms. The maximum absolute atomic E-state index is 12.9. The number of nitrogens with zero attached hydrogens (tertiary/aromatic N) is 1. The number of carbonyl (C=O) groups excluding carboxylic acids is 1. The summed E-state index contributed by atoms with van der Waals surface area (Å²) in [6, 6.07) is 12.6. The Morgan fingerprint density at radius 3 is 2.32 bits per heavy atom. The number of alkyl halides is 3. The van der Waals surface area contributed by atoms with Crippen LogP contribution in [0.25, 0.3) is 0 Å². The van der Waals surface area contributed by atoms with Crippen LogP contribution < -0.4 is 4.90 Å². The summed E-state index contributed by atoms with van der Waals surface area (Å²) in [5.74, 6) is 0.163. The number of hydrogen-bond donors (Lipinski definition) is 0. The first-order chi connectivity index (χ1) is 11.9. The van der Waals surface area contributed by atoms with Gasteiger partial charge in [0.25, 0.3) is 0 Å². The summed E-state index contributed by atoms with van der Waals surface area (Å²) in [7, 11) is 0. The van der Waals surface area contributed by atoms with Crippen LogP contribution in [0.4, 0.5) is 18.9 Å². The van der Waals surface area contributed by atoms with Crippen LogP contribution in [0, 0.1) is 6.92 Å². The molecule has 1 aliphatic rings. The van der Waals surface area contributed by atoms with Gasteiger partial charge in [0.05, 0.1) is 11.3 Å². The van der Waals surface area contributed by atoms with E-state index in [1.807, 2.05) is 45.0 Å². The van der Waals surface area contributed by atoms with Crippen molar-refractivity contribution in [2.45, 2.75) is 32.3 Å². The minimum Gasteiger partial charge on any atom is -0.295 e. The molecule has 2 nitrogen and oxygen atoms in total. The first-order valence-corrected chi connectivity index (χ1v) is 9.08. The Morgan fingerprint density at radius 1 is 1.08 bits per heavy atom. The molecule has 0 radical (unpaired) electrons. The van der Waals surface area contributed by atoms with Crippen molar-refractivity contribution in [1.82, 2.24) is 0 Å². The van der Waals surface area contributed by atoms with Crippen LogP contribution in [0.5, 0.6) is 0 Å². The van der Waals surface area contributed by atoms with E-state index in [1.165, 1.54) is 17.8 Å². The second kappa shape index (κ2) is 7.95. The van der Waals surface area contributed by atoms with Crippen LogP contribution >= 0.6 is 11.8 Å². The van der Waals surface area contributed by atoms with Crippen LogP contribution in [-0.4, -0.2) is 11.7 Å². The highest BCUT2D eigenvalue weighted by Crippen LogP contribution is 2.43. The van der Waals surface area contributed by atoms with Gasteiger partial charge in [-0.05, 0) is 36.8 Å². The maximum atomic E-state index is 12.9. The van der Waals surface area contributed by atoms with Gasteiger partial charge in [-0.1, -0.05) is 43.7 Å². The van der Waals surface area contributed by atoms with Gasteiger partial charge < -0.3 is 0 Å². The van der Waals surface area contributed by atoms with Crippen molar-refractivity contribution < 1.29 is 18.0 Å². The van der Waals surface area contributed by atoms with Crippen molar-refractivity contribution in [3.05, 3.63) is 65.2 Å². The average Bonchev–Trinajstić information content (AvgIpc) is 2.98. The van der Waals surface area contributed by atoms with Crippen LogP contribution in [-0.2, 0) is 11.0 Å². The molecule has 3 rings (SSSR count). The molecule has 0 aromatic heterocycles. The number of thioether (sulfide) groups is 1. The van der Waals surface area contributed by atoms with E-state index in [2.05, 4.69) is 0 Å². The number of benzene rings is 2. The minimum absolute atomic E-state index is 0.0961. The Morgan fingerprint density at radius 2 is 1.72 bits per heavy atom. The third-order valence-corrected chi connectivity index (χ3v) is 4.89. The van der Waals surface area contributed by atoms with Gasteiger partial charge >= 0.3 is 6.18 Å². The number of halogens is 3. The Labute approximate surface area is 150 Å². The van der Waals surface area contributed by atoms with E-state index in [9.17, 15) is 18.0 Å². The van der Waals surface area contributed by atoms with Crippen molar-refractivity contribution in [3.8, 4) is 0 Å². The molecule has 1 atom stereocenters. The molecule has 0 saturated carbocycles. The number of carbonyl (C=O) groups is 1. The van der Waals surface area contributed by atoms with Gasteiger partial charge in [0.1, 0.15) is 5.37 Å². The number of anilines is 1. The van der Waals surface area contributed by atoms with Crippen LogP contribution in [0.1, 0.15) is 35.9 Å². The highest BCUT2D eigenvalue weighted by molar-refractivity contribution is 8.00. The van der Waals surface area contributed by atoms with E-state index >= 15 is 0 Å². The topological polar surface area (TPSA) is 20.3 Å². The van der Waals surface area contributed by atoms with Gasteiger partial charge in [-0.3, -0.25) is 9.69 Å². The molecule has 0 spiro atoms. The molecule has 0 N–H and O–H groups in total. The normalized spacial score (nSPS) is 17.3. The highest BCUT2D eigenvalue weighted by Gasteiger charge is 2.36. The monoisotopic (exact) mass is 367 g/mol. The summed E-state index contributed by atoms with van der Waals surface area (Å²) < 4.78 is 38.7. The number of amides is 1. The summed E-state index contributed by atoms with van der Waals surface area (Å²) in [4.78, 5) is 13.8. The van der Waals surface area contributed by atoms with E-state index in [-0.39, 0.29) is 11.7 Å². The lowest BCUT2D eigenvalue weighted by molar-refractivity contribution is -0.137. The van der Waals surface area contributed by atoms with Gasteiger partial charge in [0.15, 0.2) is 0 Å². The fourth-order valence-corrected chi connectivity index (χ4v) is 3.69. The molecule has 1 fully saturated rings. The molecular weight excluding hydrogens is 347 g/mol. The zero-order valence-corrected chi connectivity index (χ0v) is 15.1. The van der Waals surface area contributed by atoms with Gasteiger partial charge in [0.2, 0.25) is 5.91 Å². The summed E-state index contributed by atoms with van der Waals surface area (Å²) in [6.07, 6.45) is -4.39. The largest absolute Gasteiger partial charge is 0.416 e. The van der Waals surface area contributed by atoms with Gasteiger partial charge in [-0.15, -0.1) is 11.8 Å². The molecular formula is C19H20F3NOS. The highest BCUT2D eigenvalue weighted by atomic mass is 32.2. The van der Waals surface area contributed by atoms with Gasteiger partial charge in [-0.2, -0.15) is 13.2 Å². The molecule has 134 valence electrons. The van der Waals surface area contributed by atoms with E-state index in [0.717, 1.165) is 17.7 Å². The molecule has 1 amide bonds. The molecule has 1 unspecified atom stereocenters. The molecule has 2 aromatic carbocycles. The SMILES string of the molecule is CC.Cc1ccc(N2C(=O)CSC2c2cccc(C(F)(F)F)c2)cc1. The van der Waals surface area contributed by atoms with Gasteiger partial charge in [-0.25, -0.2) is 0 Å². The second-order valence-corrected chi connectivity index (χ2v) is 6.45. The maximum Gasteiger partial charge on any atom is 0.416 e. The van der Waals surface area contributed by atoms with Crippen molar-refractivity contribution in [3.63, 3.8) is 0 Å². The zero-order valence-electron chi connectivity index (χ0n) is 14.3. The molecule has 0 aliphatic carbocycles. The predicted octanol–water partition coefficient (Wildman–Crippen LogP) is 5.82. The predicted molar refractivity (Wildman–Crippen MR) is 96.7 cm³/mol. The Hall–Kier alpha value is -1.95. The standard InChI is InChI=1S/C17H14F3NOS.C2H6/c1-11-5-7-14(8-6-11)21-15(22)10-23-16(21)12-3-2-4-13(9-12)17(18,19)20;1-2/h2-9,16H,10H2,1H3;1-2H3. The first-order valence-electron chi connectivity index (χ1n) is 8.04. The lowest BCUT2D eigenvalue weighted by Crippen LogP contribution is -2.27. The number of aryl methyl sites for hydroxylation is 1. The van der Waals surface area contributed by atoms with Crippen molar-refractivity contribution in [2.24, 2.45) is 0 Å². The summed E-state index contributed by atoms with van der Waals surface area (Å²) in [5.41, 5.74) is 1.55. The van der Waals surface area contributed by atoms with Crippen molar-refractivity contribution in [2.75, 3.05) is 10.7 Å². The third kappa shape index (κ3) is 4.37. The second-order valence-electron chi connectivity index (χ2n) is 5.39. The summed E-state index contributed by atoms with van der Waals surface area (Å²) in [6.45, 7) is 5.94. The van der Waals surface area contributed by atoms with Crippen LogP contribution in [0.3, 0.4) is 0 Å². The minimum atomic E-state index is -4.39. The quantitative estimate of drug-likeness (QED) is 0.667. The van der Waals surface area contributed by atoms with Gasteiger partial charge in [0, 0.05) is 5.69 Å². The first kappa shape index (κ1) is 19.4. The van der Waals surface area contributed by atoms with E-state index < -0.39 is 17.1 Å². The molecule has 0 bridgehead atoms. The van der Waals surface area contributed by atoms with E-state index in [0.29, 0.717) is 11.3 Å². The molecule has 1 saturated heterocycles. The molecule has 2 aromatic rings. The van der Waals surface area contributed by atoms with E-state index in [1.54, 1.807) is 11.0 Å². The molecule has 1 aliphatic heterocycles. The van der Waals surface area contributed by atoms with Crippen LogP contribution in [0.15, 0.2) is 48.5 Å². The average molecular weight is 367 g/mol. The number of rotatable bonds is 2. The molecule has 25 heavy (non-hydrogen) atoms. The lowest BCUT2D eigenvalue weighted by atomic mass is 10.1. The van der Waals surface area contributed by atoms with Crippen molar-refractivity contribution >= 4 is 23.4 Å². The van der Waals surface area contributed by atoms with Crippen molar-refractivity contribution in [1.29, 1.82) is 0 Å². The lowest BCUT2D eigenvalue weighted by Gasteiger charge is -2.25. The molecule has 1 heterocycles. The summed E-state index contributed by atoms with van der Waals surface area (Å²) in [5, 5.41) is -0.437. The van der Waals surface area contributed by atoms with Crippen LogP contribution in [0.2, 0.25) is 0 Å². The van der Waals surface area contributed by atoms with E-state index in [4.69, 9.17) is 0 Å². The fourth-order valence-electron chi connectivity index (χ4n) is 2.52. The summed E-state index contributed by atoms with van der Waals surface area (Å²) >= 11 is 1.34. The third-order valence-electron chi connectivity index (χ3n) is 3.68. The zero-order chi connectivity index (χ0) is 18.6. The fraction of sp³-hybridized carbons (Fsp3) is 0.316. The number of hydrogen-bond acceptors (Lipinski definition) is 2. The Balaban J connectivity index is 0.00000109. The Kier molecular flexibility index (Phi) is 6.16.